The molecular formula is C12H24N2. The van der Waals surface area contributed by atoms with Gasteiger partial charge in [0, 0.05) is 6.54 Å². The molecule has 0 aliphatic heterocycles. The third kappa shape index (κ3) is 3.43. The molecule has 0 heterocycles. The van der Waals surface area contributed by atoms with Crippen LogP contribution in [0.25, 0.3) is 0 Å². The molecule has 82 valence electrons. The van der Waals surface area contributed by atoms with Gasteiger partial charge in [0.25, 0.3) is 0 Å². The molecule has 0 aromatic heterocycles. The van der Waals surface area contributed by atoms with E-state index in [0.29, 0.717) is 6.17 Å². The van der Waals surface area contributed by atoms with Gasteiger partial charge in [0.1, 0.15) is 0 Å². The Morgan fingerprint density at radius 3 is 2.86 bits per heavy atom. The maximum absolute atomic E-state index is 3.31. The average Bonchev–Trinajstić information content (AvgIpc) is 2.26. The molecule has 0 radical (unpaired) electrons. The maximum Gasteiger partial charge on any atom is 0.0565 e. The summed E-state index contributed by atoms with van der Waals surface area (Å²) in [7, 11) is 2.03. The molecule has 1 unspecified atom stereocenters. The average molecular weight is 196 g/mol. The summed E-state index contributed by atoms with van der Waals surface area (Å²) in [6, 6.07) is 0. The lowest BCUT2D eigenvalue weighted by Gasteiger charge is -2.31. The smallest absolute Gasteiger partial charge is 0.0565 e. The SMILES string of the molecule is CCN(CC1C=CCCC1)[C@H](C)NC. The molecule has 1 rings (SSSR count). The molecule has 1 aliphatic rings. The van der Waals surface area contributed by atoms with E-state index in [9.17, 15) is 0 Å². The van der Waals surface area contributed by atoms with Crippen LogP contribution in [0.4, 0.5) is 0 Å². The summed E-state index contributed by atoms with van der Waals surface area (Å²) >= 11 is 0. The van der Waals surface area contributed by atoms with Crippen LogP contribution in [0, 0.1) is 5.92 Å². The molecule has 1 aliphatic carbocycles. The Balaban J connectivity index is 2.38. The maximum atomic E-state index is 3.31. The molecule has 0 saturated carbocycles. The third-order valence-electron chi connectivity index (χ3n) is 3.19. The Labute approximate surface area is 88.4 Å². The molecule has 14 heavy (non-hydrogen) atoms. The van der Waals surface area contributed by atoms with Crippen LogP contribution in [-0.2, 0) is 0 Å². The minimum Gasteiger partial charge on any atom is -0.305 e. The molecule has 0 saturated heterocycles. The van der Waals surface area contributed by atoms with E-state index in [1.54, 1.807) is 0 Å². The largest absolute Gasteiger partial charge is 0.305 e. The van der Waals surface area contributed by atoms with Gasteiger partial charge in [-0.1, -0.05) is 19.1 Å². The second-order valence-electron chi connectivity index (χ2n) is 4.17. The van der Waals surface area contributed by atoms with E-state index in [2.05, 4.69) is 36.2 Å². The minimum absolute atomic E-state index is 0.496. The molecule has 1 N–H and O–H groups in total. The molecule has 0 aromatic carbocycles. The Hall–Kier alpha value is -0.340. The molecule has 2 atom stereocenters. The van der Waals surface area contributed by atoms with E-state index < -0.39 is 0 Å². The van der Waals surface area contributed by atoms with Crippen molar-refractivity contribution in [2.75, 3.05) is 20.1 Å². The second kappa shape index (κ2) is 6.20. The number of nitrogens with zero attached hydrogens (tertiary/aromatic N) is 1. The lowest BCUT2D eigenvalue weighted by molar-refractivity contribution is 0.173. The highest BCUT2D eigenvalue weighted by molar-refractivity contribution is 4.94. The van der Waals surface area contributed by atoms with Crippen LogP contribution in [0.5, 0.6) is 0 Å². The van der Waals surface area contributed by atoms with E-state index in [-0.39, 0.29) is 0 Å². The molecule has 2 heteroatoms. The van der Waals surface area contributed by atoms with Gasteiger partial charge in [-0.3, -0.25) is 4.90 Å². The standard InChI is InChI=1S/C12H24N2/c1-4-14(11(2)13-3)10-12-8-6-5-7-9-12/h6,8,11-13H,4-5,7,9-10H2,1-3H3/t11-,12?/m1/s1. The number of allylic oxidation sites excluding steroid dienone is 1. The van der Waals surface area contributed by atoms with Crippen LogP contribution in [0.15, 0.2) is 12.2 Å². The summed E-state index contributed by atoms with van der Waals surface area (Å²) in [6.07, 6.45) is 9.25. The highest BCUT2D eigenvalue weighted by atomic mass is 15.2. The van der Waals surface area contributed by atoms with Gasteiger partial charge in [-0.05, 0) is 45.7 Å². The lowest BCUT2D eigenvalue weighted by atomic mass is 9.95. The third-order valence-corrected chi connectivity index (χ3v) is 3.19. The van der Waals surface area contributed by atoms with Crippen molar-refractivity contribution in [2.45, 2.75) is 39.3 Å². The second-order valence-corrected chi connectivity index (χ2v) is 4.17. The van der Waals surface area contributed by atoms with Crippen LogP contribution < -0.4 is 5.32 Å². The zero-order valence-corrected chi connectivity index (χ0v) is 9.79. The lowest BCUT2D eigenvalue weighted by Crippen LogP contribution is -2.44. The summed E-state index contributed by atoms with van der Waals surface area (Å²) in [5.74, 6) is 0.777. The van der Waals surface area contributed by atoms with Crippen LogP contribution in [0.2, 0.25) is 0 Å². The van der Waals surface area contributed by atoms with E-state index in [1.165, 1.54) is 25.8 Å². The Bertz CT molecular complexity index is 177. The van der Waals surface area contributed by atoms with Gasteiger partial charge in [-0.15, -0.1) is 0 Å². The van der Waals surface area contributed by atoms with Crippen LogP contribution >= 0.6 is 0 Å². The molecule has 0 spiro atoms. The zero-order valence-electron chi connectivity index (χ0n) is 9.79. The van der Waals surface area contributed by atoms with Crippen molar-refractivity contribution in [1.29, 1.82) is 0 Å². The summed E-state index contributed by atoms with van der Waals surface area (Å²) in [5.41, 5.74) is 0. The summed E-state index contributed by atoms with van der Waals surface area (Å²) in [5, 5.41) is 3.31. The van der Waals surface area contributed by atoms with Gasteiger partial charge in [-0.25, -0.2) is 0 Å². The van der Waals surface area contributed by atoms with Gasteiger partial charge in [0.2, 0.25) is 0 Å². The zero-order chi connectivity index (χ0) is 10.4. The minimum atomic E-state index is 0.496. The summed E-state index contributed by atoms with van der Waals surface area (Å²) in [4.78, 5) is 2.50. The normalized spacial score (nSPS) is 24.1. The first kappa shape index (κ1) is 11.7. The van der Waals surface area contributed by atoms with Crippen LogP contribution in [0.1, 0.15) is 33.1 Å². The first-order chi connectivity index (χ1) is 6.77. The Kier molecular flexibility index (Phi) is 5.20. The quantitative estimate of drug-likeness (QED) is 0.536. The first-order valence-electron chi connectivity index (χ1n) is 5.86. The van der Waals surface area contributed by atoms with Gasteiger partial charge in [-0.2, -0.15) is 0 Å². The van der Waals surface area contributed by atoms with E-state index in [0.717, 1.165) is 12.5 Å². The van der Waals surface area contributed by atoms with Crippen LogP contribution in [-0.4, -0.2) is 31.2 Å². The number of nitrogens with one attached hydrogen (secondary N) is 1. The monoisotopic (exact) mass is 196 g/mol. The van der Waals surface area contributed by atoms with Crippen molar-refractivity contribution in [3.63, 3.8) is 0 Å². The van der Waals surface area contributed by atoms with E-state index in [1.807, 2.05) is 7.05 Å². The van der Waals surface area contributed by atoms with Crippen molar-refractivity contribution in [2.24, 2.45) is 5.92 Å². The molecule has 0 bridgehead atoms. The summed E-state index contributed by atoms with van der Waals surface area (Å²) < 4.78 is 0. The van der Waals surface area contributed by atoms with E-state index in [4.69, 9.17) is 0 Å². The molecule has 0 fully saturated rings. The number of hydrogen-bond donors (Lipinski definition) is 1. The number of hydrogen-bond acceptors (Lipinski definition) is 2. The topological polar surface area (TPSA) is 15.3 Å². The van der Waals surface area contributed by atoms with E-state index >= 15 is 0 Å². The fourth-order valence-electron chi connectivity index (χ4n) is 2.08. The van der Waals surface area contributed by atoms with Crippen LogP contribution in [0.3, 0.4) is 0 Å². The van der Waals surface area contributed by atoms with Gasteiger partial charge >= 0.3 is 0 Å². The van der Waals surface area contributed by atoms with Crippen molar-refractivity contribution in [3.8, 4) is 0 Å². The Morgan fingerprint density at radius 2 is 2.36 bits per heavy atom. The highest BCUT2D eigenvalue weighted by Crippen LogP contribution is 2.18. The van der Waals surface area contributed by atoms with Crippen molar-refractivity contribution in [1.82, 2.24) is 10.2 Å². The fraction of sp³-hybridized carbons (Fsp3) is 0.833. The van der Waals surface area contributed by atoms with Gasteiger partial charge in [0.15, 0.2) is 0 Å². The molecular weight excluding hydrogens is 172 g/mol. The summed E-state index contributed by atoms with van der Waals surface area (Å²) in [6.45, 7) is 6.80. The molecule has 2 nitrogen and oxygen atoms in total. The van der Waals surface area contributed by atoms with Crippen molar-refractivity contribution < 1.29 is 0 Å². The Morgan fingerprint density at radius 1 is 1.57 bits per heavy atom. The van der Waals surface area contributed by atoms with Gasteiger partial charge < -0.3 is 5.32 Å². The highest BCUT2D eigenvalue weighted by Gasteiger charge is 2.15. The predicted molar refractivity (Wildman–Crippen MR) is 62.2 cm³/mol. The van der Waals surface area contributed by atoms with Crippen molar-refractivity contribution >= 4 is 0 Å². The predicted octanol–water partition coefficient (Wildman–Crippen LogP) is 2.23. The fourth-order valence-corrected chi connectivity index (χ4v) is 2.08. The van der Waals surface area contributed by atoms with Gasteiger partial charge in [0.05, 0.1) is 6.17 Å². The molecule has 0 aromatic rings. The van der Waals surface area contributed by atoms with Crippen molar-refractivity contribution in [3.05, 3.63) is 12.2 Å². The number of rotatable bonds is 5. The molecule has 0 amide bonds. The first-order valence-corrected chi connectivity index (χ1v) is 5.86.